The number of rotatable bonds is 2. The fraction of sp³-hybridized carbons (Fsp3) is 0.429. The standard InChI is InChI=1S/C7H12N4O2/c1-11(2)7(13)8-4-5-3-6(12)10-9-5/h3H,4H2,1-2H3,(H,8,13)(H2,9,10,12). The van der Waals surface area contributed by atoms with Gasteiger partial charge >= 0.3 is 6.03 Å². The van der Waals surface area contributed by atoms with Crippen LogP contribution < -0.4 is 10.9 Å². The van der Waals surface area contributed by atoms with Gasteiger partial charge in [-0.2, -0.15) is 0 Å². The van der Waals surface area contributed by atoms with Crippen LogP contribution in [0, 0.1) is 0 Å². The smallest absolute Gasteiger partial charge is 0.317 e. The summed E-state index contributed by atoms with van der Waals surface area (Å²) >= 11 is 0. The molecule has 13 heavy (non-hydrogen) atoms. The van der Waals surface area contributed by atoms with Crippen LogP contribution in [0.4, 0.5) is 4.79 Å². The Hall–Kier alpha value is -1.72. The molecule has 0 unspecified atom stereocenters. The molecular formula is C7H12N4O2. The van der Waals surface area contributed by atoms with E-state index < -0.39 is 0 Å². The lowest BCUT2D eigenvalue weighted by molar-refractivity contribution is 0.217. The lowest BCUT2D eigenvalue weighted by atomic mass is 10.4. The SMILES string of the molecule is CN(C)C(=O)NCc1cc(=O)[nH][nH]1. The van der Waals surface area contributed by atoms with Crippen molar-refractivity contribution in [2.45, 2.75) is 6.54 Å². The average molecular weight is 184 g/mol. The van der Waals surface area contributed by atoms with Gasteiger partial charge in [-0.15, -0.1) is 0 Å². The molecule has 1 heterocycles. The Bertz CT molecular complexity index is 338. The van der Waals surface area contributed by atoms with E-state index in [2.05, 4.69) is 15.5 Å². The van der Waals surface area contributed by atoms with Gasteiger partial charge in [0, 0.05) is 20.2 Å². The molecule has 6 nitrogen and oxygen atoms in total. The highest BCUT2D eigenvalue weighted by Crippen LogP contribution is 1.86. The van der Waals surface area contributed by atoms with E-state index in [4.69, 9.17) is 0 Å². The second-order valence-corrected chi connectivity index (χ2v) is 2.84. The van der Waals surface area contributed by atoms with Crippen molar-refractivity contribution in [1.82, 2.24) is 20.4 Å². The molecule has 1 rings (SSSR count). The van der Waals surface area contributed by atoms with Crippen LogP contribution >= 0.6 is 0 Å². The summed E-state index contributed by atoms with van der Waals surface area (Å²) in [6, 6.07) is 1.21. The predicted octanol–water partition coefficient (Wildman–Crippen LogP) is -0.526. The molecule has 0 bridgehead atoms. The Balaban J connectivity index is 2.44. The molecule has 0 aliphatic rings. The van der Waals surface area contributed by atoms with E-state index in [9.17, 15) is 9.59 Å². The number of nitrogens with one attached hydrogen (secondary N) is 3. The van der Waals surface area contributed by atoms with E-state index in [0.29, 0.717) is 12.2 Å². The third-order valence-corrected chi connectivity index (χ3v) is 1.49. The minimum absolute atomic E-state index is 0.193. The predicted molar refractivity (Wildman–Crippen MR) is 47.3 cm³/mol. The third-order valence-electron chi connectivity index (χ3n) is 1.49. The maximum atomic E-state index is 11.0. The molecule has 0 radical (unpaired) electrons. The van der Waals surface area contributed by atoms with Crippen molar-refractivity contribution in [3.05, 3.63) is 22.1 Å². The van der Waals surface area contributed by atoms with Gasteiger partial charge in [0.1, 0.15) is 0 Å². The second kappa shape index (κ2) is 3.79. The number of hydrogen-bond acceptors (Lipinski definition) is 2. The first-order valence-corrected chi connectivity index (χ1v) is 3.81. The molecule has 0 fully saturated rings. The maximum absolute atomic E-state index is 11.0. The van der Waals surface area contributed by atoms with Gasteiger partial charge in [-0.3, -0.25) is 9.89 Å². The van der Waals surface area contributed by atoms with Crippen molar-refractivity contribution in [2.75, 3.05) is 14.1 Å². The summed E-state index contributed by atoms with van der Waals surface area (Å²) in [4.78, 5) is 23.1. The topological polar surface area (TPSA) is 81.0 Å². The molecule has 3 N–H and O–H groups in total. The Labute approximate surface area is 74.9 Å². The third kappa shape index (κ3) is 2.66. The van der Waals surface area contributed by atoms with Gasteiger partial charge in [-0.25, -0.2) is 4.79 Å². The van der Waals surface area contributed by atoms with E-state index in [1.807, 2.05) is 0 Å². The minimum Gasteiger partial charge on any atom is -0.332 e. The van der Waals surface area contributed by atoms with Crippen molar-refractivity contribution in [3.63, 3.8) is 0 Å². The summed E-state index contributed by atoms with van der Waals surface area (Å²) in [7, 11) is 3.30. The number of carbonyl (C=O) groups is 1. The van der Waals surface area contributed by atoms with Crippen LogP contribution in [-0.4, -0.2) is 35.2 Å². The van der Waals surface area contributed by atoms with Crippen LogP contribution in [0.25, 0.3) is 0 Å². The van der Waals surface area contributed by atoms with E-state index in [-0.39, 0.29) is 11.6 Å². The monoisotopic (exact) mass is 184 g/mol. The zero-order valence-corrected chi connectivity index (χ0v) is 7.55. The van der Waals surface area contributed by atoms with Crippen LogP contribution in [0.3, 0.4) is 0 Å². The largest absolute Gasteiger partial charge is 0.332 e. The lowest BCUT2D eigenvalue weighted by Gasteiger charge is -2.10. The van der Waals surface area contributed by atoms with Crippen molar-refractivity contribution >= 4 is 6.03 Å². The van der Waals surface area contributed by atoms with E-state index in [1.165, 1.54) is 11.0 Å². The quantitative estimate of drug-likeness (QED) is 0.577. The Morgan fingerprint density at radius 3 is 2.69 bits per heavy atom. The van der Waals surface area contributed by atoms with Crippen LogP contribution in [-0.2, 0) is 6.54 Å². The van der Waals surface area contributed by atoms with Crippen molar-refractivity contribution < 1.29 is 4.79 Å². The van der Waals surface area contributed by atoms with Gasteiger partial charge < -0.3 is 15.3 Å². The number of aromatic nitrogens is 2. The zero-order chi connectivity index (χ0) is 9.84. The number of amides is 2. The van der Waals surface area contributed by atoms with Crippen molar-refractivity contribution in [3.8, 4) is 0 Å². The lowest BCUT2D eigenvalue weighted by Crippen LogP contribution is -2.34. The van der Waals surface area contributed by atoms with Crippen molar-refractivity contribution in [1.29, 1.82) is 0 Å². The first-order valence-electron chi connectivity index (χ1n) is 3.81. The number of nitrogens with zero attached hydrogens (tertiary/aromatic N) is 1. The maximum Gasteiger partial charge on any atom is 0.317 e. The summed E-state index contributed by atoms with van der Waals surface area (Å²) in [6.07, 6.45) is 0. The zero-order valence-electron chi connectivity index (χ0n) is 7.55. The molecule has 0 atom stereocenters. The molecule has 0 spiro atoms. The molecule has 1 aromatic heterocycles. The summed E-state index contributed by atoms with van der Waals surface area (Å²) in [5.41, 5.74) is 0.453. The van der Waals surface area contributed by atoms with Crippen LogP contribution in [0.15, 0.2) is 10.9 Å². The molecule has 2 amide bonds. The van der Waals surface area contributed by atoms with Gasteiger partial charge in [-0.05, 0) is 0 Å². The molecule has 0 aromatic carbocycles. The molecule has 0 aliphatic carbocycles. The van der Waals surface area contributed by atoms with Gasteiger partial charge in [0.05, 0.1) is 12.2 Å². The van der Waals surface area contributed by atoms with Gasteiger partial charge in [0.2, 0.25) is 0 Å². The summed E-state index contributed by atoms with van der Waals surface area (Å²) < 4.78 is 0. The Morgan fingerprint density at radius 2 is 2.23 bits per heavy atom. The number of aromatic amines is 2. The molecule has 0 saturated heterocycles. The van der Waals surface area contributed by atoms with E-state index >= 15 is 0 Å². The first kappa shape index (κ1) is 9.37. The van der Waals surface area contributed by atoms with Crippen LogP contribution in [0.5, 0.6) is 0 Å². The minimum atomic E-state index is -0.200. The Kier molecular flexibility index (Phi) is 2.73. The van der Waals surface area contributed by atoms with E-state index in [0.717, 1.165) is 0 Å². The van der Waals surface area contributed by atoms with Crippen molar-refractivity contribution in [2.24, 2.45) is 0 Å². The average Bonchev–Trinajstić information content (AvgIpc) is 2.47. The van der Waals surface area contributed by atoms with Crippen LogP contribution in [0.2, 0.25) is 0 Å². The number of hydrogen-bond donors (Lipinski definition) is 3. The summed E-state index contributed by atoms with van der Waals surface area (Å²) in [6.45, 7) is 0.315. The molecule has 0 aliphatic heterocycles. The summed E-state index contributed by atoms with van der Waals surface area (Å²) in [5.74, 6) is 0. The second-order valence-electron chi connectivity index (χ2n) is 2.84. The van der Waals surface area contributed by atoms with Gasteiger partial charge in [0.15, 0.2) is 0 Å². The molecule has 1 aromatic rings. The molecule has 0 saturated carbocycles. The highest BCUT2D eigenvalue weighted by atomic mass is 16.2. The number of carbonyl (C=O) groups excluding carboxylic acids is 1. The van der Waals surface area contributed by atoms with E-state index in [1.54, 1.807) is 14.1 Å². The van der Waals surface area contributed by atoms with Gasteiger partial charge in [-0.1, -0.05) is 0 Å². The normalized spacial score (nSPS) is 9.69. The highest BCUT2D eigenvalue weighted by molar-refractivity contribution is 5.73. The molecular weight excluding hydrogens is 172 g/mol. The molecule has 72 valence electrons. The molecule has 6 heteroatoms. The highest BCUT2D eigenvalue weighted by Gasteiger charge is 2.02. The Morgan fingerprint density at radius 1 is 1.54 bits per heavy atom. The number of urea groups is 1. The first-order chi connectivity index (χ1) is 6.09. The summed E-state index contributed by atoms with van der Waals surface area (Å²) in [5, 5.41) is 7.61. The van der Waals surface area contributed by atoms with Gasteiger partial charge in [0.25, 0.3) is 5.56 Å². The number of H-pyrrole nitrogens is 2. The fourth-order valence-electron chi connectivity index (χ4n) is 0.796. The fourth-order valence-corrected chi connectivity index (χ4v) is 0.796. The van der Waals surface area contributed by atoms with Crippen LogP contribution in [0.1, 0.15) is 5.69 Å².